The van der Waals surface area contributed by atoms with Crippen LogP contribution in [0.2, 0.25) is 0 Å². The van der Waals surface area contributed by atoms with Crippen molar-refractivity contribution in [2.45, 2.75) is 59.1 Å². The standard InChI is InChI=1S/C23H35N5O2.HI/c1-5-24-22(27-16-23(4,29)20-13-17(2)30-18(20)3)26-15-19-9-10-25-21(14-19)28-11-7-6-8-12-28;/h9-10,13-14,29H,5-8,11-12,15-16H2,1-4H3,(H2,24,26,27);1H. The number of nitrogens with one attached hydrogen (secondary N) is 2. The third-order valence-corrected chi connectivity index (χ3v) is 5.48. The van der Waals surface area contributed by atoms with Crippen molar-refractivity contribution in [3.8, 4) is 0 Å². The third kappa shape index (κ3) is 7.10. The predicted molar refractivity (Wildman–Crippen MR) is 136 cm³/mol. The summed E-state index contributed by atoms with van der Waals surface area (Å²) in [5.41, 5.74) is 0.857. The maximum absolute atomic E-state index is 10.9. The van der Waals surface area contributed by atoms with Crippen LogP contribution in [0.3, 0.4) is 0 Å². The Morgan fingerprint density at radius 1 is 1.23 bits per heavy atom. The minimum atomic E-state index is -1.06. The van der Waals surface area contributed by atoms with Gasteiger partial charge in [0.25, 0.3) is 0 Å². The van der Waals surface area contributed by atoms with E-state index in [1.165, 1.54) is 19.3 Å². The molecule has 8 heteroatoms. The number of furan rings is 1. The molecule has 0 amide bonds. The number of hydrogen-bond donors (Lipinski definition) is 3. The number of guanidine groups is 1. The van der Waals surface area contributed by atoms with Crippen molar-refractivity contribution in [1.29, 1.82) is 0 Å². The fourth-order valence-electron chi connectivity index (χ4n) is 3.88. The molecule has 1 aliphatic heterocycles. The molecule has 1 unspecified atom stereocenters. The van der Waals surface area contributed by atoms with Crippen molar-refractivity contribution in [2.75, 3.05) is 31.1 Å². The van der Waals surface area contributed by atoms with Gasteiger partial charge in [0.2, 0.25) is 0 Å². The average molecular weight is 541 g/mol. The van der Waals surface area contributed by atoms with Crippen molar-refractivity contribution in [1.82, 2.24) is 15.6 Å². The van der Waals surface area contributed by atoms with Crippen LogP contribution in [0.15, 0.2) is 33.8 Å². The predicted octanol–water partition coefficient (Wildman–Crippen LogP) is 3.86. The summed E-state index contributed by atoms with van der Waals surface area (Å²) in [6.07, 6.45) is 5.63. The van der Waals surface area contributed by atoms with Crippen LogP contribution in [0.1, 0.15) is 55.8 Å². The van der Waals surface area contributed by atoms with Crippen molar-refractivity contribution in [3.63, 3.8) is 0 Å². The molecule has 1 fully saturated rings. The number of aliphatic hydroxyl groups is 1. The van der Waals surface area contributed by atoms with Gasteiger partial charge in [0, 0.05) is 31.4 Å². The number of pyridine rings is 1. The van der Waals surface area contributed by atoms with E-state index >= 15 is 0 Å². The zero-order chi connectivity index (χ0) is 21.6. The van der Waals surface area contributed by atoms with Crippen LogP contribution < -0.4 is 15.5 Å². The van der Waals surface area contributed by atoms with Gasteiger partial charge in [0.1, 0.15) is 22.9 Å². The van der Waals surface area contributed by atoms with E-state index in [2.05, 4.69) is 26.6 Å². The molecule has 7 nitrogen and oxygen atoms in total. The molecular formula is C23H36IN5O2. The highest BCUT2D eigenvalue weighted by Gasteiger charge is 2.27. The summed E-state index contributed by atoms with van der Waals surface area (Å²) in [6.45, 7) is 11.3. The summed E-state index contributed by atoms with van der Waals surface area (Å²) in [6, 6.07) is 6.03. The SMILES string of the molecule is CCNC(=NCc1ccnc(N2CCCCC2)c1)NCC(C)(O)c1cc(C)oc1C.I. The summed E-state index contributed by atoms with van der Waals surface area (Å²) < 4.78 is 5.58. The van der Waals surface area contributed by atoms with Crippen LogP contribution in [-0.4, -0.2) is 42.2 Å². The first kappa shape index (κ1) is 25.5. The van der Waals surface area contributed by atoms with Crippen LogP contribution in [-0.2, 0) is 12.1 Å². The number of rotatable bonds is 7. The minimum Gasteiger partial charge on any atom is -0.466 e. The van der Waals surface area contributed by atoms with Gasteiger partial charge in [-0.1, -0.05) is 0 Å². The lowest BCUT2D eigenvalue weighted by Crippen LogP contribution is -2.44. The molecule has 0 aromatic carbocycles. The molecular weight excluding hydrogens is 505 g/mol. The van der Waals surface area contributed by atoms with E-state index in [9.17, 15) is 5.11 Å². The van der Waals surface area contributed by atoms with E-state index in [0.717, 1.165) is 48.1 Å². The summed E-state index contributed by atoms with van der Waals surface area (Å²) in [4.78, 5) is 11.6. The molecule has 1 aliphatic rings. The monoisotopic (exact) mass is 541 g/mol. The lowest BCUT2D eigenvalue weighted by atomic mass is 9.96. The Labute approximate surface area is 202 Å². The van der Waals surface area contributed by atoms with E-state index < -0.39 is 5.60 Å². The number of anilines is 1. The second kappa shape index (κ2) is 11.7. The molecule has 1 saturated heterocycles. The molecule has 2 aromatic rings. The molecule has 0 spiro atoms. The van der Waals surface area contributed by atoms with Gasteiger partial charge in [-0.15, -0.1) is 24.0 Å². The topological polar surface area (TPSA) is 85.9 Å². The van der Waals surface area contributed by atoms with E-state index in [0.29, 0.717) is 19.0 Å². The van der Waals surface area contributed by atoms with Crippen molar-refractivity contribution >= 4 is 35.8 Å². The Kier molecular flexibility index (Phi) is 9.61. The molecule has 3 N–H and O–H groups in total. The highest BCUT2D eigenvalue weighted by atomic mass is 127. The maximum Gasteiger partial charge on any atom is 0.191 e. The van der Waals surface area contributed by atoms with Crippen LogP contribution in [0.25, 0.3) is 0 Å². The summed E-state index contributed by atoms with van der Waals surface area (Å²) >= 11 is 0. The first-order valence-electron chi connectivity index (χ1n) is 10.9. The number of aryl methyl sites for hydroxylation is 2. The number of hydrogen-bond acceptors (Lipinski definition) is 5. The molecule has 1 atom stereocenters. The lowest BCUT2D eigenvalue weighted by Gasteiger charge is -2.27. The average Bonchev–Trinajstić information content (AvgIpc) is 3.10. The van der Waals surface area contributed by atoms with Crippen LogP contribution in [0.5, 0.6) is 0 Å². The first-order chi connectivity index (χ1) is 14.4. The normalized spacial score (nSPS) is 16.4. The second-order valence-electron chi connectivity index (χ2n) is 8.22. The van der Waals surface area contributed by atoms with E-state index in [4.69, 9.17) is 9.41 Å². The number of aromatic nitrogens is 1. The van der Waals surface area contributed by atoms with Gasteiger partial charge in [0.05, 0.1) is 13.1 Å². The molecule has 0 bridgehead atoms. The third-order valence-electron chi connectivity index (χ3n) is 5.48. The highest BCUT2D eigenvalue weighted by molar-refractivity contribution is 14.0. The summed E-state index contributed by atoms with van der Waals surface area (Å²) in [5.74, 6) is 3.25. The van der Waals surface area contributed by atoms with Crippen molar-refractivity contribution in [2.24, 2.45) is 4.99 Å². The van der Waals surface area contributed by atoms with Crippen LogP contribution in [0.4, 0.5) is 5.82 Å². The zero-order valence-electron chi connectivity index (χ0n) is 19.1. The lowest BCUT2D eigenvalue weighted by molar-refractivity contribution is 0.0601. The van der Waals surface area contributed by atoms with Gasteiger partial charge in [-0.25, -0.2) is 9.98 Å². The Hall–Kier alpha value is -1.81. The quantitative estimate of drug-likeness (QED) is 0.281. The van der Waals surface area contributed by atoms with E-state index in [1.807, 2.05) is 39.1 Å². The zero-order valence-corrected chi connectivity index (χ0v) is 21.4. The molecule has 0 saturated carbocycles. The number of aliphatic imine (C=N–C) groups is 1. The van der Waals surface area contributed by atoms with Crippen LogP contribution in [0, 0.1) is 13.8 Å². The molecule has 31 heavy (non-hydrogen) atoms. The maximum atomic E-state index is 10.9. The first-order valence-corrected chi connectivity index (χ1v) is 10.9. The molecule has 2 aromatic heterocycles. The Balaban J connectivity index is 0.00000341. The Morgan fingerprint density at radius 2 is 1.97 bits per heavy atom. The summed E-state index contributed by atoms with van der Waals surface area (Å²) in [7, 11) is 0. The highest BCUT2D eigenvalue weighted by Crippen LogP contribution is 2.26. The van der Waals surface area contributed by atoms with E-state index in [-0.39, 0.29) is 24.0 Å². The minimum absolute atomic E-state index is 0. The molecule has 0 aliphatic carbocycles. The molecule has 3 heterocycles. The summed E-state index contributed by atoms with van der Waals surface area (Å²) in [5, 5.41) is 17.5. The largest absolute Gasteiger partial charge is 0.466 e. The fourth-order valence-corrected chi connectivity index (χ4v) is 3.88. The molecule has 3 rings (SSSR count). The molecule has 0 radical (unpaired) electrons. The second-order valence-corrected chi connectivity index (χ2v) is 8.22. The van der Waals surface area contributed by atoms with E-state index in [1.54, 1.807) is 6.92 Å². The number of piperidine rings is 1. The number of halogens is 1. The van der Waals surface area contributed by atoms with Crippen molar-refractivity contribution in [3.05, 3.63) is 47.0 Å². The van der Waals surface area contributed by atoms with Gasteiger partial charge < -0.3 is 25.1 Å². The van der Waals surface area contributed by atoms with Gasteiger partial charge in [0.15, 0.2) is 5.96 Å². The van der Waals surface area contributed by atoms with Gasteiger partial charge in [-0.3, -0.25) is 0 Å². The molecule has 172 valence electrons. The van der Waals surface area contributed by atoms with Crippen molar-refractivity contribution < 1.29 is 9.52 Å². The Morgan fingerprint density at radius 3 is 2.61 bits per heavy atom. The van der Waals surface area contributed by atoms with Gasteiger partial charge in [-0.05, 0) is 70.7 Å². The number of nitrogens with zero attached hydrogens (tertiary/aromatic N) is 3. The smallest absolute Gasteiger partial charge is 0.191 e. The van der Waals surface area contributed by atoms with Gasteiger partial charge >= 0.3 is 0 Å². The fraction of sp³-hybridized carbons (Fsp3) is 0.565. The Bertz CT molecular complexity index is 859. The van der Waals surface area contributed by atoms with Crippen LogP contribution >= 0.6 is 24.0 Å². The van der Waals surface area contributed by atoms with Gasteiger partial charge in [-0.2, -0.15) is 0 Å².